The summed E-state index contributed by atoms with van der Waals surface area (Å²) < 4.78 is 0. The van der Waals surface area contributed by atoms with E-state index in [1.165, 1.54) is 18.2 Å². The molecule has 0 aromatic heterocycles. The Balaban J connectivity index is 2.81. The van der Waals surface area contributed by atoms with E-state index in [1.807, 2.05) is 6.92 Å². The molecule has 1 aromatic rings. The zero-order valence-corrected chi connectivity index (χ0v) is 10.8. The van der Waals surface area contributed by atoms with Crippen molar-refractivity contribution in [1.82, 2.24) is 5.32 Å². The second kappa shape index (κ2) is 6.20. The van der Waals surface area contributed by atoms with Crippen LogP contribution in [0.2, 0.25) is 0 Å². The Kier molecular flexibility index (Phi) is 4.91. The Labute approximate surface area is 111 Å². The Morgan fingerprint density at radius 2 is 2.17 bits per heavy atom. The molecule has 1 rings (SSSR count). The summed E-state index contributed by atoms with van der Waals surface area (Å²) in [6, 6.07) is 4.03. The van der Waals surface area contributed by atoms with Crippen molar-refractivity contribution in [3.8, 4) is 11.5 Å². The fraction of sp³-hybridized carbons (Fsp3) is 0.333. The van der Waals surface area contributed by atoms with E-state index in [4.69, 9.17) is 18.0 Å². The van der Waals surface area contributed by atoms with Crippen LogP contribution in [0.25, 0.3) is 0 Å². The summed E-state index contributed by atoms with van der Waals surface area (Å²) in [4.78, 5) is 12.2. The van der Waals surface area contributed by atoms with E-state index in [9.17, 15) is 15.0 Å². The standard InChI is InChI=1S/C12H16N2O3S/c1-2-7(6-10(13)18)14-12(17)8-4-3-5-9(15)11(8)16/h3-5,7,15-16H,2,6H2,1H3,(H2,13,18)(H,14,17). The van der Waals surface area contributed by atoms with Crippen molar-refractivity contribution in [1.29, 1.82) is 0 Å². The topological polar surface area (TPSA) is 95.6 Å². The van der Waals surface area contributed by atoms with Gasteiger partial charge in [-0.1, -0.05) is 25.2 Å². The lowest BCUT2D eigenvalue weighted by atomic mass is 10.1. The molecule has 98 valence electrons. The summed E-state index contributed by atoms with van der Waals surface area (Å²) in [6.07, 6.45) is 1.07. The van der Waals surface area contributed by atoms with Gasteiger partial charge in [-0.3, -0.25) is 4.79 Å². The van der Waals surface area contributed by atoms with Gasteiger partial charge in [-0.15, -0.1) is 0 Å². The lowest BCUT2D eigenvalue weighted by Gasteiger charge is -2.16. The molecule has 0 saturated heterocycles. The first-order valence-corrected chi connectivity index (χ1v) is 5.96. The van der Waals surface area contributed by atoms with Crippen LogP contribution in [0.4, 0.5) is 0 Å². The highest BCUT2D eigenvalue weighted by molar-refractivity contribution is 7.80. The number of thiocarbonyl (C=S) groups is 1. The number of phenolic OH excluding ortho intramolecular Hbond substituents is 2. The molecule has 6 heteroatoms. The quantitative estimate of drug-likeness (QED) is 0.476. The van der Waals surface area contributed by atoms with E-state index < -0.39 is 11.7 Å². The largest absolute Gasteiger partial charge is 0.504 e. The van der Waals surface area contributed by atoms with Gasteiger partial charge in [0.25, 0.3) is 5.91 Å². The van der Waals surface area contributed by atoms with Gasteiger partial charge in [0, 0.05) is 12.5 Å². The number of nitrogens with one attached hydrogen (secondary N) is 1. The molecule has 5 N–H and O–H groups in total. The van der Waals surface area contributed by atoms with Crippen LogP contribution in [-0.2, 0) is 0 Å². The van der Waals surface area contributed by atoms with Crippen molar-refractivity contribution >= 4 is 23.1 Å². The second-order valence-corrected chi connectivity index (χ2v) is 4.45. The number of hydrogen-bond donors (Lipinski definition) is 4. The maximum atomic E-state index is 11.9. The molecule has 0 spiro atoms. The van der Waals surface area contributed by atoms with E-state index >= 15 is 0 Å². The van der Waals surface area contributed by atoms with E-state index in [2.05, 4.69) is 5.32 Å². The molecule has 1 atom stereocenters. The lowest BCUT2D eigenvalue weighted by molar-refractivity contribution is 0.0934. The molecule has 18 heavy (non-hydrogen) atoms. The van der Waals surface area contributed by atoms with Crippen LogP contribution in [0.5, 0.6) is 11.5 Å². The van der Waals surface area contributed by atoms with Crippen molar-refractivity contribution in [3.63, 3.8) is 0 Å². The number of carbonyl (C=O) groups is 1. The van der Waals surface area contributed by atoms with E-state index in [0.29, 0.717) is 17.8 Å². The van der Waals surface area contributed by atoms with Gasteiger partial charge in [0.2, 0.25) is 0 Å². The van der Waals surface area contributed by atoms with Gasteiger partial charge in [0.05, 0.1) is 10.6 Å². The highest BCUT2D eigenvalue weighted by atomic mass is 32.1. The average Bonchev–Trinajstić information content (AvgIpc) is 2.31. The van der Waals surface area contributed by atoms with Gasteiger partial charge in [-0.05, 0) is 18.6 Å². The SMILES string of the molecule is CCC(CC(N)=S)NC(=O)c1cccc(O)c1O. The molecule has 0 aliphatic rings. The highest BCUT2D eigenvalue weighted by Gasteiger charge is 2.17. The highest BCUT2D eigenvalue weighted by Crippen LogP contribution is 2.28. The number of nitrogens with two attached hydrogens (primary N) is 1. The molecule has 1 amide bonds. The first-order chi connectivity index (χ1) is 8.45. The minimum Gasteiger partial charge on any atom is -0.504 e. The number of rotatable bonds is 5. The summed E-state index contributed by atoms with van der Waals surface area (Å²) in [5, 5.41) is 21.6. The van der Waals surface area contributed by atoms with Crippen molar-refractivity contribution < 1.29 is 15.0 Å². The summed E-state index contributed by atoms with van der Waals surface area (Å²) in [6.45, 7) is 1.89. The Hall–Kier alpha value is -1.82. The predicted octanol–water partition coefficient (Wildman–Crippen LogP) is 1.28. The third-order valence-corrected chi connectivity index (χ3v) is 2.70. The van der Waals surface area contributed by atoms with Crippen LogP contribution in [0.1, 0.15) is 30.1 Å². The van der Waals surface area contributed by atoms with Gasteiger partial charge in [-0.2, -0.15) is 0 Å². The smallest absolute Gasteiger partial charge is 0.255 e. The minimum atomic E-state index is -0.466. The normalized spacial score (nSPS) is 11.8. The fourth-order valence-corrected chi connectivity index (χ4v) is 1.72. The number of aromatic hydroxyl groups is 2. The first-order valence-electron chi connectivity index (χ1n) is 5.55. The molecule has 0 aliphatic carbocycles. The summed E-state index contributed by atoms with van der Waals surface area (Å²) in [7, 11) is 0. The second-order valence-electron chi connectivity index (χ2n) is 3.92. The van der Waals surface area contributed by atoms with Gasteiger partial charge in [0.1, 0.15) is 0 Å². The van der Waals surface area contributed by atoms with Crippen molar-refractivity contribution in [2.24, 2.45) is 5.73 Å². The maximum absolute atomic E-state index is 11.9. The third kappa shape index (κ3) is 3.59. The molecule has 0 aliphatic heterocycles. The van der Waals surface area contributed by atoms with Crippen LogP contribution in [-0.4, -0.2) is 27.2 Å². The molecule has 0 bridgehead atoms. The van der Waals surface area contributed by atoms with E-state index in [-0.39, 0.29) is 17.4 Å². The minimum absolute atomic E-state index is 0.0244. The molecule has 0 heterocycles. The van der Waals surface area contributed by atoms with Gasteiger partial charge < -0.3 is 21.3 Å². The van der Waals surface area contributed by atoms with Crippen LogP contribution in [0.15, 0.2) is 18.2 Å². The molecule has 1 aromatic carbocycles. The molecule has 0 saturated carbocycles. The molecular weight excluding hydrogens is 252 g/mol. The number of carbonyl (C=O) groups excluding carboxylic acids is 1. The number of para-hydroxylation sites is 1. The fourth-order valence-electron chi connectivity index (χ4n) is 1.52. The maximum Gasteiger partial charge on any atom is 0.255 e. The predicted molar refractivity (Wildman–Crippen MR) is 72.7 cm³/mol. The molecule has 5 nitrogen and oxygen atoms in total. The number of amides is 1. The first kappa shape index (κ1) is 14.2. The van der Waals surface area contributed by atoms with Crippen LogP contribution >= 0.6 is 12.2 Å². The van der Waals surface area contributed by atoms with Gasteiger partial charge >= 0.3 is 0 Å². The van der Waals surface area contributed by atoms with Crippen LogP contribution in [0.3, 0.4) is 0 Å². The zero-order chi connectivity index (χ0) is 13.7. The lowest BCUT2D eigenvalue weighted by Crippen LogP contribution is -2.37. The Bertz CT molecular complexity index is 463. The number of benzene rings is 1. The monoisotopic (exact) mass is 268 g/mol. The van der Waals surface area contributed by atoms with Crippen molar-refractivity contribution in [3.05, 3.63) is 23.8 Å². The third-order valence-electron chi connectivity index (χ3n) is 2.53. The number of phenols is 2. The van der Waals surface area contributed by atoms with Gasteiger partial charge in [0.15, 0.2) is 11.5 Å². The Morgan fingerprint density at radius 3 is 2.72 bits per heavy atom. The molecule has 1 unspecified atom stereocenters. The summed E-state index contributed by atoms with van der Waals surface area (Å²) in [5.74, 6) is -1.23. The van der Waals surface area contributed by atoms with E-state index in [0.717, 1.165) is 0 Å². The molecular formula is C12H16N2O3S. The Morgan fingerprint density at radius 1 is 1.50 bits per heavy atom. The van der Waals surface area contributed by atoms with Crippen molar-refractivity contribution in [2.45, 2.75) is 25.8 Å². The summed E-state index contributed by atoms with van der Waals surface area (Å²) >= 11 is 4.79. The zero-order valence-electron chi connectivity index (χ0n) is 10.0. The van der Waals surface area contributed by atoms with Crippen LogP contribution < -0.4 is 11.1 Å². The number of hydrogen-bond acceptors (Lipinski definition) is 4. The summed E-state index contributed by atoms with van der Waals surface area (Å²) in [5.41, 5.74) is 5.45. The average molecular weight is 268 g/mol. The molecule has 0 radical (unpaired) electrons. The van der Waals surface area contributed by atoms with E-state index in [1.54, 1.807) is 0 Å². The molecule has 0 fully saturated rings. The van der Waals surface area contributed by atoms with Gasteiger partial charge in [-0.25, -0.2) is 0 Å². The van der Waals surface area contributed by atoms with Crippen molar-refractivity contribution in [2.75, 3.05) is 0 Å². The van der Waals surface area contributed by atoms with Crippen LogP contribution in [0, 0.1) is 0 Å².